The molecule has 120 valence electrons. The molecule has 2 N–H and O–H groups in total. The van der Waals surface area contributed by atoms with Crippen LogP contribution in [0.2, 0.25) is 0 Å². The van der Waals surface area contributed by atoms with E-state index in [1.54, 1.807) is 18.2 Å². The summed E-state index contributed by atoms with van der Waals surface area (Å²) in [5.41, 5.74) is 5.39. The number of phenolic OH excluding ortho intramolecular Hbond substituents is 2. The topological polar surface area (TPSA) is 40.5 Å². The Morgan fingerprint density at radius 2 is 1.78 bits per heavy atom. The molecule has 0 amide bonds. The Kier molecular flexibility index (Phi) is 4.37. The molecule has 0 aromatic heterocycles. The minimum absolute atomic E-state index is 0.247. The number of halogens is 1. The molecule has 3 heteroatoms. The number of hydrogen-bond donors (Lipinski definition) is 2. The molecule has 0 unspecified atom stereocenters. The number of benzene rings is 2. The molecule has 23 heavy (non-hydrogen) atoms. The van der Waals surface area contributed by atoms with E-state index in [2.05, 4.69) is 6.92 Å². The van der Waals surface area contributed by atoms with E-state index in [0.717, 1.165) is 54.4 Å². The first kappa shape index (κ1) is 15.6. The van der Waals surface area contributed by atoms with Gasteiger partial charge in [0.2, 0.25) is 0 Å². The molecule has 0 bridgehead atoms. The molecule has 0 saturated carbocycles. The van der Waals surface area contributed by atoms with Crippen LogP contribution >= 0.6 is 0 Å². The molecule has 1 aliphatic carbocycles. The van der Waals surface area contributed by atoms with Gasteiger partial charge in [0.05, 0.1) is 0 Å². The number of aromatic hydroxyl groups is 2. The Balaban J connectivity index is 2.20. The highest BCUT2D eigenvalue weighted by Crippen LogP contribution is 2.40. The molecule has 0 radical (unpaired) electrons. The van der Waals surface area contributed by atoms with E-state index < -0.39 is 5.82 Å². The lowest BCUT2D eigenvalue weighted by Gasteiger charge is -2.16. The standard InChI is InChI=1S/C20H21FO2/c1-2-4-17-16(13-7-9-15(22)10-8-13)6-3-5-14-11-20(23)19(21)12-18(14)17/h7-12,22-23H,2-6H2,1H3. The molecule has 0 saturated heterocycles. The van der Waals surface area contributed by atoms with E-state index in [9.17, 15) is 14.6 Å². The summed E-state index contributed by atoms with van der Waals surface area (Å²) >= 11 is 0. The highest BCUT2D eigenvalue weighted by molar-refractivity contribution is 5.92. The van der Waals surface area contributed by atoms with Crippen molar-refractivity contribution in [3.8, 4) is 11.5 Å². The summed E-state index contributed by atoms with van der Waals surface area (Å²) in [6.07, 6.45) is 4.54. The van der Waals surface area contributed by atoms with Crippen LogP contribution in [0.25, 0.3) is 11.1 Å². The number of fused-ring (bicyclic) bond motifs is 1. The van der Waals surface area contributed by atoms with Gasteiger partial charge < -0.3 is 10.2 Å². The molecule has 0 atom stereocenters. The highest BCUT2D eigenvalue weighted by Gasteiger charge is 2.20. The molecule has 2 nitrogen and oxygen atoms in total. The summed E-state index contributed by atoms with van der Waals surface area (Å²) in [4.78, 5) is 0. The van der Waals surface area contributed by atoms with Crippen LogP contribution < -0.4 is 0 Å². The monoisotopic (exact) mass is 312 g/mol. The first-order chi connectivity index (χ1) is 11.1. The lowest BCUT2D eigenvalue weighted by Crippen LogP contribution is -1.95. The lowest BCUT2D eigenvalue weighted by molar-refractivity contribution is 0.431. The second kappa shape index (κ2) is 6.45. The van der Waals surface area contributed by atoms with E-state index in [4.69, 9.17) is 0 Å². The molecule has 0 aliphatic heterocycles. The van der Waals surface area contributed by atoms with Crippen LogP contribution in [0, 0.1) is 5.82 Å². The molecular weight excluding hydrogens is 291 g/mol. The predicted octanol–water partition coefficient (Wildman–Crippen LogP) is 5.28. The maximum absolute atomic E-state index is 13.9. The summed E-state index contributed by atoms with van der Waals surface area (Å²) < 4.78 is 13.9. The van der Waals surface area contributed by atoms with Gasteiger partial charge in [-0.2, -0.15) is 0 Å². The molecule has 3 rings (SSSR count). The zero-order chi connectivity index (χ0) is 16.4. The van der Waals surface area contributed by atoms with Crippen LogP contribution in [-0.4, -0.2) is 10.2 Å². The van der Waals surface area contributed by atoms with E-state index in [1.807, 2.05) is 12.1 Å². The normalized spacial score (nSPS) is 14.5. The summed E-state index contributed by atoms with van der Waals surface area (Å²) in [5, 5.41) is 19.2. The third-order valence-corrected chi connectivity index (χ3v) is 4.45. The fourth-order valence-electron chi connectivity index (χ4n) is 3.38. The van der Waals surface area contributed by atoms with Gasteiger partial charge in [0.15, 0.2) is 11.6 Å². The van der Waals surface area contributed by atoms with Crippen molar-refractivity contribution < 1.29 is 14.6 Å². The van der Waals surface area contributed by atoms with Crippen LogP contribution in [0.5, 0.6) is 11.5 Å². The Morgan fingerprint density at radius 1 is 1.04 bits per heavy atom. The minimum Gasteiger partial charge on any atom is -0.508 e. The molecule has 2 aromatic carbocycles. The third kappa shape index (κ3) is 3.09. The van der Waals surface area contributed by atoms with E-state index >= 15 is 0 Å². The van der Waals surface area contributed by atoms with Gasteiger partial charge in [-0.3, -0.25) is 0 Å². The third-order valence-electron chi connectivity index (χ3n) is 4.45. The fraction of sp³-hybridized carbons (Fsp3) is 0.300. The first-order valence-electron chi connectivity index (χ1n) is 8.13. The zero-order valence-electron chi connectivity index (χ0n) is 13.3. The summed E-state index contributed by atoms with van der Waals surface area (Å²) in [7, 11) is 0. The molecular formula is C20H21FO2. The second-order valence-corrected chi connectivity index (χ2v) is 6.07. The van der Waals surface area contributed by atoms with Crippen LogP contribution in [0.3, 0.4) is 0 Å². The van der Waals surface area contributed by atoms with Crippen molar-refractivity contribution in [2.45, 2.75) is 39.0 Å². The average Bonchev–Trinajstić information content (AvgIpc) is 2.70. The summed E-state index contributed by atoms with van der Waals surface area (Å²) in [6.45, 7) is 2.11. The van der Waals surface area contributed by atoms with Gasteiger partial charge in [0.25, 0.3) is 0 Å². The molecule has 0 fully saturated rings. The van der Waals surface area contributed by atoms with E-state index in [0.29, 0.717) is 0 Å². The second-order valence-electron chi connectivity index (χ2n) is 6.07. The van der Waals surface area contributed by atoms with Crippen molar-refractivity contribution in [3.63, 3.8) is 0 Å². The number of hydrogen-bond acceptors (Lipinski definition) is 2. The van der Waals surface area contributed by atoms with Crippen molar-refractivity contribution in [3.05, 3.63) is 58.9 Å². The lowest BCUT2D eigenvalue weighted by atomic mass is 9.89. The van der Waals surface area contributed by atoms with Gasteiger partial charge in [-0.05, 0) is 77.8 Å². The maximum Gasteiger partial charge on any atom is 0.165 e. The van der Waals surface area contributed by atoms with Crippen molar-refractivity contribution in [2.24, 2.45) is 0 Å². The number of aryl methyl sites for hydroxylation is 1. The zero-order valence-corrected chi connectivity index (χ0v) is 13.3. The van der Waals surface area contributed by atoms with Gasteiger partial charge >= 0.3 is 0 Å². The molecule has 0 spiro atoms. The van der Waals surface area contributed by atoms with Gasteiger partial charge in [-0.15, -0.1) is 0 Å². The highest BCUT2D eigenvalue weighted by atomic mass is 19.1. The van der Waals surface area contributed by atoms with E-state index in [-0.39, 0.29) is 11.5 Å². The Bertz CT molecular complexity index is 745. The van der Waals surface area contributed by atoms with Crippen LogP contribution in [-0.2, 0) is 6.42 Å². The SMILES string of the molecule is CCCC1=C(c2ccc(O)cc2)CCCc2cc(O)c(F)cc21. The Labute approximate surface area is 135 Å². The summed E-state index contributed by atoms with van der Waals surface area (Å²) in [5.74, 6) is -0.589. The fourth-order valence-corrected chi connectivity index (χ4v) is 3.38. The predicted molar refractivity (Wildman–Crippen MR) is 90.8 cm³/mol. The largest absolute Gasteiger partial charge is 0.508 e. The van der Waals surface area contributed by atoms with Gasteiger partial charge in [-0.1, -0.05) is 25.5 Å². The quantitative estimate of drug-likeness (QED) is 0.809. The number of allylic oxidation sites excluding steroid dienone is 2. The molecule has 1 aliphatic rings. The number of rotatable bonds is 3. The van der Waals surface area contributed by atoms with Gasteiger partial charge in [-0.25, -0.2) is 4.39 Å². The molecule has 0 heterocycles. The van der Waals surface area contributed by atoms with Gasteiger partial charge in [0.1, 0.15) is 5.75 Å². The first-order valence-corrected chi connectivity index (χ1v) is 8.13. The Hall–Kier alpha value is -2.29. The van der Waals surface area contributed by atoms with Crippen molar-refractivity contribution in [1.29, 1.82) is 0 Å². The average molecular weight is 312 g/mol. The van der Waals surface area contributed by atoms with Crippen LogP contribution in [0.15, 0.2) is 36.4 Å². The van der Waals surface area contributed by atoms with E-state index in [1.165, 1.54) is 11.6 Å². The van der Waals surface area contributed by atoms with Crippen LogP contribution in [0.4, 0.5) is 4.39 Å². The maximum atomic E-state index is 13.9. The van der Waals surface area contributed by atoms with Crippen molar-refractivity contribution in [1.82, 2.24) is 0 Å². The summed E-state index contributed by atoms with van der Waals surface area (Å²) in [6, 6.07) is 10.3. The van der Waals surface area contributed by atoms with Gasteiger partial charge in [0, 0.05) is 0 Å². The van der Waals surface area contributed by atoms with Crippen LogP contribution in [0.1, 0.15) is 49.3 Å². The minimum atomic E-state index is -0.565. The smallest absolute Gasteiger partial charge is 0.165 e. The Morgan fingerprint density at radius 3 is 2.48 bits per heavy atom. The van der Waals surface area contributed by atoms with Crippen molar-refractivity contribution >= 4 is 11.1 Å². The molecule has 2 aromatic rings. The van der Waals surface area contributed by atoms with Crippen molar-refractivity contribution in [2.75, 3.05) is 0 Å². The number of phenols is 2.